The fourth-order valence-corrected chi connectivity index (χ4v) is 5.47. The topological polar surface area (TPSA) is 108 Å². The highest BCUT2D eigenvalue weighted by atomic mass is 32.2. The van der Waals surface area contributed by atoms with E-state index < -0.39 is 22.0 Å². The highest BCUT2D eigenvalue weighted by Crippen LogP contribution is 2.23. The molecule has 0 unspecified atom stereocenters. The van der Waals surface area contributed by atoms with Crippen LogP contribution in [0, 0.1) is 6.92 Å². The van der Waals surface area contributed by atoms with Gasteiger partial charge in [-0.3, -0.25) is 13.9 Å². The van der Waals surface area contributed by atoms with E-state index in [0.717, 1.165) is 48.5 Å². The molecule has 2 amide bonds. The molecule has 0 bridgehead atoms. The molecule has 31 heavy (non-hydrogen) atoms. The Morgan fingerprint density at radius 3 is 2.42 bits per heavy atom. The molecule has 8 nitrogen and oxygen atoms in total. The van der Waals surface area contributed by atoms with Crippen LogP contribution in [0.3, 0.4) is 0 Å². The Bertz CT molecular complexity index is 906. The maximum atomic E-state index is 13.1. The van der Waals surface area contributed by atoms with E-state index in [0.29, 0.717) is 6.04 Å². The van der Waals surface area contributed by atoms with Crippen molar-refractivity contribution in [2.75, 3.05) is 6.54 Å². The summed E-state index contributed by atoms with van der Waals surface area (Å²) in [6.07, 6.45) is 7.18. The second kappa shape index (κ2) is 10.3. The molecule has 0 radical (unpaired) electrons. The van der Waals surface area contributed by atoms with Crippen LogP contribution in [0.4, 0.5) is 0 Å². The molecule has 170 valence electrons. The van der Waals surface area contributed by atoms with E-state index in [-0.39, 0.29) is 23.3 Å². The lowest BCUT2D eigenvalue weighted by atomic mass is 9.91. The quantitative estimate of drug-likeness (QED) is 0.562. The normalized spacial score (nSPS) is 24.0. The molecule has 0 spiro atoms. The number of amides is 2. The molecule has 9 heteroatoms. The first-order valence-electron chi connectivity index (χ1n) is 10.9. The van der Waals surface area contributed by atoms with Crippen LogP contribution < -0.4 is 16.0 Å². The van der Waals surface area contributed by atoms with Gasteiger partial charge in [-0.15, -0.1) is 0 Å². The van der Waals surface area contributed by atoms with Gasteiger partial charge in [0.05, 0.1) is 11.3 Å². The molecule has 1 fully saturated rings. The second-order valence-electron chi connectivity index (χ2n) is 8.26. The van der Waals surface area contributed by atoms with Crippen LogP contribution in [0.1, 0.15) is 51.0 Å². The molecular weight excluding hydrogens is 416 g/mol. The minimum absolute atomic E-state index is 0.0523. The summed E-state index contributed by atoms with van der Waals surface area (Å²) in [5.41, 5.74) is 0.932. The molecule has 1 saturated carbocycles. The number of benzene rings is 1. The highest BCUT2D eigenvalue weighted by molar-refractivity contribution is 7.89. The van der Waals surface area contributed by atoms with Gasteiger partial charge in [-0.2, -0.15) is 0 Å². The van der Waals surface area contributed by atoms with E-state index in [4.69, 9.17) is 0 Å². The molecule has 1 aliphatic carbocycles. The third-order valence-corrected chi connectivity index (χ3v) is 7.61. The van der Waals surface area contributed by atoms with E-state index in [1.807, 2.05) is 6.92 Å². The summed E-state index contributed by atoms with van der Waals surface area (Å²) in [5.74, 6) is -0.828. The first-order chi connectivity index (χ1) is 14.8. The molecular formula is C22H32N4O4S. The van der Waals surface area contributed by atoms with Gasteiger partial charge in [-0.05, 0) is 57.7 Å². The van der Waals surface area contributed by atoms with Crippen molar-refractivity contribution in [3.05, 3.63) is 42.2 Å². The number of carbonyl (C=O) groups excluding carboxylic acids is 2. The highest BCUT2D eigenvalue weighted by Gasteiger charge is 2.37. The molecule has 1 atom stereocenters. The third-order valence-electron chi connectivity index (χ3n) is 5.81. The lowest BCUT2D eigenvalue weighted by Crippen LogP contribution is -2.52. The monoisotopic (exact) mass is 448 g/mol. The summed E-state index contributed by atoms with van der Waals surface area (Å²) in [6.45, 7) is 5.00. The average Bonchev–Trinajstić information content (AvgIpc) is 2.75. The summed E-state index contributed by atoms with van der Waals surface area (Å²) < 4.78 is 27.2. The van der Waals surface area contributed by atoms with Crippen LogP contribution in [0.15, 0.2) is 41.6 Å². The number of hydrogen-bond donors (Lipinski definition) is 3. The average molecular weight is 449 g/mol. The van der Waals surface area contributed by atoms with Crippen molar-refractivity contribution < 1.29 is 18.0 Å². The molecule has 3 N–H and O–H groups in total. The summed E-state index contributed by atoms with van der Waals surface area (Å²) >= 11 is 0. The summed E-state index contributed by atoms with van der Waals surface area (Å²) in [7, 11) is -3.96. The van der Waals surface area contributed by atoms with Crippen LogP contribution >= 0.6 is 0 Å². The number of sulfonamides is 1. The standard InChI is InChI=1S/C22H32N4O4S/c1-3-12-23-17-6-8-18(9-7-17)25-21(27)15-20-22(28)24-13-14-26(20)31(29,30)19-10-4-16(2)5-11-19/h4-5,10-11,13-14,17-18,20,23H,3,6-9,12,15H2,1-2H3,(H,24,28)(H,25,27)/t17?,18?,20-/m1/s1. The zero-order valence-corrected chi connectivity index (χ0v) is 19.0. The van der Waals surface area contributed by atoms with Gasteiger partial charge in [-0.25, -0.2) is 8.42 Å². The zero-order valence-electron chi connectivity index (χ0n) is 18.1. The molecule has 2 aliphatic rings. The van der Waals surface area contributed by atoms with Gasteiger partial charge in [0.2, 0.25) is 11.8 Å². The van der Waals surface area contributed by atoms with Crippen LogP contribution in [0.2, 0.25) is 0 Å². The fourth-order valence-electron chi connectivity index (χ4n) is 4.02. The van der Waals surface area contributed by atoms with Crippen LogP contribution in [0.5, 0.6) is 0 Å². The predicted octanol–water partition coefficient (Wildman–Crippen LogP) is 1.77. The SMILES string of the molecule is CCCNC1CCC(NC(=O)C[C@@H]2C(=O)NC=CN2S(=O)(=O)c2ccc(C)cc2)CC1. The van der Waals surface area contributed by atoms with Crippen LogP contribution in [-0.2, 0) is 19.6 Å². The summed E-state index contributed by atoms with van der Waals surface area (Å²) in [5, 5.41) is 9.02. The van der Waals surface area contributed by atoms with Crippen LogP contribution in [-0.4, -0.2) is 49.2 Å². The van der Waals surface area contributed by atoms with Gasteiger partial charge in [0.1, 0.15) is 6.04 Å². The third kappa shape index (κ3) is 5.86. The molecule has 1 heterocycles. The van der Waals surface area contributed by atoms with E-state index in [1.54, 1.807) is 12.1 Å². The van der Waals surface area contributed by atoms with Crippen molar-refractivity contribution in [1.29, 1.82) is 0 Å². The van der Waals surface area contributed by atoms with Crippen molar-refractivity contribution in [1.82, 2.24) is 20.3 Å². The van der Waals surface area contributed by atoms with E-state index in [1.165, 1.54) is 24.5 Å². The van der Waals surface area contributed by atoms with E-state index in [9.17, 15) is 18.0 Å². The van der Waals surface area contributed by atoms with Gasteiger partial charge in [-0.1, -0.05) is 24.6 Å². The number of nitrogens with one attached hydrogen (secondary N) is 3. The molecule has 0 aromatic heterocycles. The Morgan fingerprint density at radius 2 is 1.77 bits per heavy atom. The Morgan fingerprint density at radius 1 is 1.13 bits per heavy atom. The van der Waals surface area contributed by atoms with Gasteiger partial charge in [0, 0.05) is 24.5 Å². The number of nitrogens with zero attached hydrogens (tertiary/aromatic N) is 1. The molecule has 3 rings (SSSR count). The molecule has 1 aromatic carbocycles. The van der Waals surface area contributed by atoms with E-state index >= 15 is 0 Å². The molecule has 0 saturated heterocycles. The van der Waals surface area contributed by atoms with Gasteiger partial charge in [0.15, 0.2) is 0 Å². The molecule has 1 aliphatic heterocycles. The predicted molar refractivity (Wildman–Crippen MR) is 118 cm³/mol. The Balaban J connectivity index is 1.63. The minimum Gasteiger partial charge on any atom is -0.353 e. The first kappa shape index (κ1) is 23.3. The van der Waals surface area contributed by atoms with Gasteiger partial charge < -0.3 is 16.0 Å². The number of carbonyl (C=O) groups is 2. The first-order valence-corrected chi connectivity index (χ1v) is 12.3. The lowest BCUT2D eigenvalue weighted by Gasteiger charge is -2.33. The molecule has 1 aromatic rings. The summed E-state index contributed by atoms with van der Waals surface area (Å²) in [4.78, 5) is 25.2. The number of rotatable bonds is 8. The summed E-state index contributed by atoms with van der Waals surface area (Å²) in [6, 6.07) is 5.83. The Hall–Kier alpha value is -2.39. The fraction of sp³-hybridized carbons (Fsp3) is 0.545. The Labute approximate surface area is 184 Å². The Kier molecular flexibility index (Phi) is 7.72. The largest absolute Gasteiger partial charge is 0.353 e. The van der Waals surface area contributed by atoms with E-state index in [2.05, 4.69) is 22.9 Å². The smallest absolute Gasteiger partial charge is 0.264 e. The number of hydrogen-bond acceptors (Lipinski definition) is 5. The maximum Gasteiger partial charge on any atom is 0.264 e. The second-order valence-corrected chi connectivity index (χ2v) is 10.1. The lowest BCUT2D eigenvalue weighted by molar-refractivity contribution is -0.129. The maximum absolute atomic E-state index is 13.1. The minimum atomic E-state index is -3.96. The van der Waals surface area contributed by atoms with Crippen molar-refractivity contribution in [2.45, 2.75) is 75.4 Å². The van der Waals surface area contributed by atoms with Crippen LogP contribution in [0.25, 0.3) is 0 Å². The van der Waals surface area contributed by atoms with Crippen molar-refractivity contribution in [2.24, 2.45) is 0 Å². The zero-order chi connectivity index (χ0) is 22.4. The van der Waals surface area contributed by atoms with Crippen molar-refractivity contribution in [3.8, 4) is 0 Å². The van der Waals surface area contributed by atoms with Crippen molar-refractivity contribution >= 4 is 21.8 Å². The van der Waals surface area contributed by atoms with Gasteiger partial charge in [0.25, 0.3) is 10.0 Å². The van der Waals surface area contributed by atoms with Gasteiger partial charge >= 0.3 is 0 Å². The van der Waals surface area contributed by atoms with Crippen molar-refractivity contribution in [3.63, 3.8) is 0 Å². The number of aryl methyl sites for hydroxylation is 1.